The second kappa shape index (κ2) is 9.89. The van der Waals surface area contributed by atoms with E-state index in [0.29, 0.717) is 18.9 Å². The highest BCUT2D eigenvalue weighted by Crippen LogP contribution is 2.18. The molecule has 0 aliphatic carbocycles. The van der Waals surface area contributed by atoms with Crippen molar-refractivity contribution in [3.8, 4) is 0 Å². The molecule has 2 aromatic rings. The lowest BCUT2D eigenvalue weighted by molar-refractivity contribution is 0.368. The number of hydrogen-bond donors (Lipinski definition) is 1. The summed E-state index contributed by atoms with van der Waals surface area (Å²) in [6.07, 6.45) is 1.72. The van der Waals surface area contributed by atoms with Crippen LogP contribution >= 0.6 is 24.0 Å². The van der Waals surface area contributed by atoms with Crippen LogP contribution in [-0.4, -0.2) is 40.6 Å². The third-order valence-corrected chi connectivity index (χ3v) is 4.35. The van der Waals surface area contributed by atoms with Crippen molar-refractivity contribution in [1.29, 1.82) is 0 Å². The second-order valence-electron chi connectivity index (χ2n) is 6.63. The Balaban J connectivity index is 0.00000243. The Bertz CT molecular complexity index is 728. The number of guanidine groups is 1. The van der Waals surface area contributed by atoms with Gasteiger partial charge in [-0.3, -0.25) is 4.99 Å². The Morgan fingerprint density at radius 3 is 2.77 bits per heavy atom. The highest BCUT2D eigenvalue weighted by atomic mass is 127. The van der Waals surface area contributed by atoms with Crippen molar-refractivity contribution in [3.05, 3.63) is 47.1 Å². The minimum absolute atomic E-state index is 0. The molecule has 0 saturated carbocycles. The van der Waals surface area contributed by atoms with Crippen molar-refractivity contribution in [2.24, 2.45) is 4.99 Å². The van der Waals surface area contributed by atoms with Crippen molar-refractivity contribution in [1.82, 2.24) is 20.4 Å². The predicted octanol–water partition coefficient (Wildman–Crippen LogP) is 3.38. The summed E-state index contributed by atoms with van der Waals surface area (Å²) in [7, 11) is 0. The average molecular weight is 469 g/mol. The van der Waals surface area contributed by atoms with Gasteiger partial charge < -0.3 is 14.7 Å². The average Bonchev–Trinajstić information content (AvgIpc) is 3.10. The summed E-state index contributed by atoms with van der Waals surface area (Å²) in [6.45, 7) is 9.60. The molecule has 1 aliphatic heterocycles. The molecule has 0 saturated heterocycles. The van der Waals surface area contributed by atoms with Crippen LogP contribution in [0.2, 0.25) is 0 Å². The van der Waals surface area contributed by atoms with Crippen LogP contribution < -0.4 is 5.32 Å². The maximum Gasteiger partial charge on any atom is 0.228 e. The fourth-order valence-corrected chi connectivity index (χ4v) is 2.96. The van der Waals surface area contributed by atoms with Crippen LogP contribution in [-0.2, 0) is 19.4 Å². The number of nitrogens with one attached hydrogen (secondary N) is 1. The molecule has 1 aromatic heterocycles. The predicted molar refractivity (Wildman–Crippen MR) is 114 cm³/mol. The number of nitrogens with zero attached hydrogens (tertiary/aromatic N) is 4. The van der Waals surface area contributed by atoms with Crippen LogP contribution in [0.4, 0.5) is 0 Å². The lowest BCUT2D eigenvalue weighted by atomic mass is 10.0. The topological polar surface area (TPSA) is 66.5 Å². The van der Waals surface area contributed by atoms with Gasteiger partial charge in [0.2, 0.25) is 5.89 Å². The summed E-state index contributed by atoms with van der Waals surface area (Å²) in [5.41, 5.74) is 2.83. The van der Waals surface area contributed by atoms with Gasteiger partial charge in [-0.25, -0.2) is 0 Å². The zero-order valence-electron chi connectivity index (χ0n) is 15.7. The van der Waals surface area contributed by atoms with E-state index in [1.54, 1.807) is 0 Å². The van der Waals surface area contributed by atoms with Crippen molar-refractivity contribution in [2.45, 2.75) is 46.1 Å². The van der Waals surface area contributed by atoms with E-state index in [1.807, 2.05) is 0 Å². The van der Waals surface area contributed by atoms with Gasteiger partial charge in [0.25, 0.3) is 0 Å². The fourth-order valence-electron chi connectivity index (χ4n) is 2.96. The van der Waals surface area contributed by atoms with E-state index >= 15 is 0 Å². The summed E-state index contributed by atoms with van der Waals surface area (Å²) >= 11 is 0. The number of fused-ring (bicyclic) bond motifs is 1. The SMILES string of the molecule is CCNC(=NCCc1nc(C(C)C)no1)N1CCc2ccccc2C1.I. The maximum absolute atomic E-state index is 5.30. The van der Waals surface area contributed by atoms with Crippen LogP contribution in [0.25, 0.3) is 0 Å². The fraction of sp³-hybridized carbons (Fsp3) is 0.526. The Kier molecular flexibility index (Phi) is 7.86. The molecule has 0 radical (unpaired) electrons. The Morgan fingerprint density at radius 2 is 2.08 bits per heavy atom. The number of hydrogen-bond acceptors (Lipinski definition) is 4. The molecule has 2 heterocycles. The van der Waals surface area contributed by atoms with E-state index in [0.717, 1.165) is 37.8 Å². The molecule has 1 aliphatic rings. The molecular weight excluding hydrogens is 441 g/mol. The summed E-state index contributed by atoms with van der Waals surface area (Å²) in [5.74, 6) is 2.66. The van der Waals surface area contributed by atoms with Gasteiger partial charge in [-0.1, -0.05) is 43.3 Å². The van der Waals surface area contributed by atoms with Gasteiger partial charge in [0.05, 0.1) is 6.54 Å². The van der Waals surface area contributed by atoms with Gasteiger partial charge in [0.15, 0.2) is 11.8 Å². The first kappa shape index (κ1) is 20.7. The van der Waals surface area contributed by atoms with Crippen molar-refractivity contribution < 1.29 is 4.52 Å². The molecule has 7 heteroatoms. The van der Waals surface area contributed by atoms with E-state index in [-0.39, 0.29) is 29.9 Å². The van der Waals surface area contributed by atoms with Crippen LogP contribution in [0.5, 0.6) is 0 Å². The van der Waals surface area contributed by atoms with Gasteiger partial charge in [0, 0.05) is 32.0 Å². The van der Waals surface area contributed by atoms with Crippen molar-refractivity contribution >= 4 is 29.9 Å². The Labute approximate surface area is 172 Å². The highest BCUT2D eigenvalue weighted by molar-refractivity contribution is 14.0. The maximum atomic E-state index is 5.30. The summed E-state index contributed by atoms with van der Waals surface area (Å²) in [4.78, 5) is 11.5. The molecule has 0 fully saturated rings. The lowest BCUT2D eigenvalue weighted by Gasteiger charge is -2.31. The molecule has 0 bridgehead atoms. The van der Waals surface area contributed by atoms with E-state index in [4.69, 9.17) is 9.52 Å². The highest BCUT2D eigenvalue weighted by Gasteiger charge is 2.18. The number of halogens is 1. The zero-order chi connectivity index (χ0) is 17.6. The van der Waals surface area contributed by atoms with Crippen LogP contribution in [0.1, 0.15) is 49.5 Å². The Hall–Kier alpha value is -1.64. The summed E-state index contributed by atoms with van der Waals surface area (Å²) in [5, 5.41) is 7.41. The van der Waals surface area contributed by atoms with Crippen molar-refractivity contribution in [2.75, 3.05) is 19.6 Å². The minimum atomic E-state index is 0. The standard InChI is InChI=1S/C19H27N5O.HI/c1-4-20-19(21-11-9-17-22-18(14(2)3)23-25-17)24-12-10-15-7-5-6-8-16(15)13-24;/h5-8,14H,4,9-13H2,1-3H3,(H,20,21);1H. The quantitative estimate of drug-likeness (QED) is 0.413. The molecule has 26 heavy (non-hydrogen) atoms. The Morgan fingerprint density at radius 1 is 1.31 bits per heavy atom. The molecular formula is C19H28IN5O. The molecule has 0 atom stereocenters. The number of benzene rings is 1. The van der Waals surface area contributed by atoms with E-state index in [9.17, 15) is 0 Å². The summed E-state index contributed by atoms with van der Waals surface area (Å²) < 4.78 is 5.30. The van der Waals surface area contributed by atoms with Crippen LogP contribution in [0, 0.1) is 0 Å². The molecule has 6 nitrogen and oxygen atoms in total. The zero-order valence-corrected chi connectivity index (χ0v) is 18.1. The molecule has 3 rings (SSSR count). The smallest absolute Gasteiger partial charge is 0.228 e. The molecule has 1 N–H and O–H groups in total. The number of aromatic nitrogens is 2. The second-order valence-corrected chi connectivity index (χ2v) is 6.63. The van der Waals surface area contributed by atoms with Crippen LogP contribution in [0.3, 0.4) is 0 Å². The third-order valence-electron chi connectivity index (χ3n) is 4.35. The van der Waals surface area contributed by atoms with Gasteiger partial charge >= 0.3 is 0 Å². The van der Waals surface area contributed by atoms with E-state index in [1.165, 1.54) is 11.1 Å². The van der Waals surface area contributed by atoms with Gasteiger partial charge in [0.1, 0.15) is 0 Å². The first-order valence-corrected chi connectivity index (χ1v) is 9.10. The van der Waals surface area contributed by atoms with Crippen molar-refractivity contribution in [3.63, 3.8) is 0 Å². The van der Waals surface area contributed by atoms with Crippen LogP contribution in [0.15, 0.2) is 33.8 Å². The number of rotatable bonds is 5. The molecule has 1 aromatic carbocycles. The monoisotopic (exact) mass is 469 g/mol. The molecule has 0 unspecified atom stereocenters. The van der Waals surface area contributed by atoms with E-state index < -0.39 is 0 Å². The van der Waals surface area contributed by atoms with Gasteiger partial charge in [-0.05, 0) is 24.5 Å². The minimum Gasteiger partial charge on any atom is -0.357 e. The first-order chi connectivity index (χ1) is 12.2. The number of aliphatic imine (C=N–C) groups is 1. The normalized spacial score (nSPS) is 14.2. The molecule has 142 valence electrons. The van der Waals surface area contributed by atoms with E-state index in [2.05, 4.69) is 65.4 Å². The largest absolute Gasteiger partial charge is 0.357 e. The molecule has 0 spiro atoms. The van der Waals surface area contributed by atoms with Gasteiger partial charge in [-0.15, -0.1) is 24.0 Å². The first-order valence-electron chi connectivity index (χ1n) is 9.10. The lowest BCUT2D eigenvalue weighted by Crippen LogP contribution is -2.44. The molecule has 0 amide bonds. The van der Waals surface area contributed by atoms with Gasteiger partial charge in [-0.2, -0.15) is 4.98 Å². The summed E-state index contributed by atoms with van der Waals surface area (Å²) in [6, 6.07) is 8.65. The third kappa shape index (κ3) is 5.18.